The van der Waals surface area contributed by atoms with E-state index in [1.54, 1.807) is 25.1 Å². The molecule has 0 spiro atoms. The first-order valence-electron chi connectivity index (χ1n) is 8.04. The van der Waals surface area contributed by atoms with E-state index >= 15 is 0 Å². The van der Waals surface area contributed by atoms with Crippen molar-refractivity contribution in [1.82, 2.24) is 0 Å². The number of nitrogens with one attached hydrogen (secondary N) is 2. The van der Waals surface area contributed by atoms with Crippen LogP contribution < -0.4 is 20.1 Å². The molecule has 1 aliphatic heterocycles. The number of amides is 2. The average Bonchev–Trinajstić information content (AvgIpc) is 2.58. The van der Waals surface area contributed by atoms with Gasteiger partial charge in [0.1, 0.15) is 11.5 Å². The van der Waals surface area contributed by atoms with Crippen LogP contribution in [0.15, 0.2) is 36.4 Å². The van der Waals surface area contributed by atoms with E-state index in [0.29, 0.717) is 22.9 Å². The van der Waals surface area contributed by atoms with E-state index in [-0.39, 0.29) is 18.4 Å². The van der Waals surface area contributed by atoms with Gasteiger partial charge in [0.2, 0.25) is 0 Å². The second-order valence-corrected chi connectivity index (χ2v) is 6.00. The van der Waals surface area contributed by atoms with Crippen molar-refractivity contribution in [3.63, 3.8) is 0 Å². The van der Waals surface area contributed by atoms with Gasteiger partial charge >= 0.3 is 0 Å². The maximum absolute atomic E-state index is 12.4. The van der Waals surface area contributed by atoms with E-state index < -0.39 is 6.10 Å². The minimum Gasteiger partial charge on any atom is -0.482 e. The number of carbonyl (C=O) groups excluding carboxylic acids is 2. The first-order valence-corrected chi connectivity index (χ1v) is 8.04. The molecule has 0 bridgehead atoms. The van der Waals surface area contributed by atoms with Gasteiger partial charge in [-0.15, -0.1) is 0 Å². The van der Waals surface area contributed by atoms with Crippen molar-refractivity contribution in [1.29, 1.82) is 0 Å². The van der Waals surface area contributed by atoms with E-state index in [2.05, 4.69) is 10.6 Å². The highest BCUT2D eigenvalue weighted by Crippen LogP contribution is 2.30. The highest BCUT2D eigenvalue weighted by molar-refractivity contribution is 5.98. The molecular formula is C19H20N2O4. The molecule has 2 aromatic carbocycles. The van der Waals surface area contributed by atoms with Crippen LogP contribution in [0, 0.1) is 13.8 Å². The molecule has 0 aliphatic carbocycles. The van der Waals surface area contributed by atoms with Gasteiger partial charge in [0.15, 0.2) is 12.7 Å². The highest BCUT2D eigenvalue weighted by Gasteiger charge is 2.19. The quantitative estimate of drug-likeness (QED) is 0.897. The van der Waals surface area contributed by atoms with Crippen LogP contribution in [0.2, 0.25) is 0 Å². The maximum atomic E-state index is 12.4. The van der Waals surface area contributed by atoms with Gasteiger partial charge in [-0.1, -0.05) is 12.1 Å². The third kappa shape index (κ3) is 3.74. The fraction of sp³-hybridized carbons (Fsp3) is 0.263. The largest absolute Gasteiger partial charge is 0.482 e. The SMILES string of the molecule is Cc1cccc(O[C@H](C)C(=O)Nc2ccc3c(c2)NC(=O)CO3)c1C. The monoisotopic (exact) mass is 340 g/mol. The Bertz CT molecular complexity index is 832. The van der Waals surface area contributed by atoms with Crippen LogP contribution in [0.4, 0.5) is 11.4 Å². The molecule has 6 nitrogen and oxygen atoms in total. The fourth-order valence-electron chi connectivity index (χ4n) is 2.50. The number of fused-ring (bicyclic) bond motifs is 1. The lowest BCUT2D eigenvalue weighted by molar-refractivity contribution is -0.122. The van der Waals surface area contributed by atoms with Crippen molar-refractivity contribution in [2.24, 2.45) is 0 Å². The normalized spacial score (nSPS) is 14.0. The topological polar surface area (TPSA) is 76.7 Å². The molecule has 1 atom stereocenters. The first kappa shape index (κ1) is 16.8. The van der Waals surface area contributed by atoms with Crippen LogP contribution >= 0.6 is 0 Å². The van der Waals surface area contributed by atoms with Gasteiger partial charge in [0.05, 0.1) is 5.69 Å². The Balaban J connectivity index is 1.68. The Kier molecular flexibility index (Phi) is 4.61. The zero-order chi connectivity index (χ0) is 18.0. The lowest BCUT2D eigenvalue weighted by Crippen LogP contribution is -2.30. The molecule has 2 amide bonds. The minimum atomic E-state index is -0.664. The van der Waals surface area contributed by atoms with Crippen LogP contribution in [0.3, 0.4) is 0 Å². The predicted molar refractivity (Wildman–Crippen MR) is 95.2 cm³/mol. The summed E-state index contributed by atoms with van der Waals surface area (Å²) in [7, 11) is 0. The van der Waals surface area contributed by atoms with Crippen LogP contribution in [-0.4, -0.2) is 24.5 Å². The van der Waals surface area contributed by atoms with E-state index in [1.807, 2.05) is 32.0 Å². The number of aryl methyl sites for hydroxylation is 1. The minimum absolute atomic E-state index is 0.000572. The zero-order valence-corrected chi connectivity index (χ0v) is 14.4. The van der Waals surface area contributed by atoms with Crippen molar-refractivity contribution < 1.29 is 19.1 Å². The Hall–Kier alpha value is -3.02. The van der Waals surface area contributed by atoms with Gasteiger partial charge in [-0.3, -0.25) is 9.59 Å². The fourth-order valence-corrected chi connectivity index (χ4v) is 2.50. The summed E-state index contributed by atoms with van der Waals surface area (Å²) < 4.78 is 11.1. The number of hydrogen-bond donors (Lipinski definition) is 2. The molecule has 0 saturated heterocycles. The molecule has 0 aromatic heterocycles. The molecule has 0 saturated carbocycles. The van der Waals surface area contributed by atoms with Gasteiger partial charge in [0, 0.05) is 5.69 Å². The summed E-state index contributed by atoms with van der Waals surface area (Å²) in [6.45, 7) is 5.65. The van der Waals surface area contributed by atoms with Gasteiger partial charge < -0.3 is 20.1 Å². The zero-order valence-electron chi connectivity index (χ0n) is 14.4. The van der Waals surface area contributed by atoms with Crippen LogP contribution in [0.5, 0.6) is 11.5 Å². The predicted octanol–water partition coefficient (Wildman–Crippen LogP) is 3.04. The van der Waals surface area contributed by atoms with Gasteiger partial charge in [-0.25, -0.2) is 0 Å². The number of carbonyl (C=O) groups is 2. The molecule has 0 unspecified atom stereocenters. The summed E-state index contributed by atoms with van der Waals surface area (Å²) in [6, 6.07) is 10.8. The Morgan fingerprint density at radius 3 is 2.88 bits per heavy atom. The maximum Gasteiger partial charge on any atom is 0.265 e. The van der Waals surface area contributed by atoms with Crippen molar-refractivity contribution in [3.05, 3.63) is 47.5 Å². The number of hydrogen-bond acceptors (Lipinski definition) is 4. The summed E-state index contributed by atoms with van der Waals surface area (Å²) >= 11 is 0. The lowest BCUT2D eigenvalue weighted by Gasteiger charge is -2.20. The van der Waals surface area contributed by atoms with Crippen molar-refractivity contribution in [3.8, 4) is 11.5 Å². The summed E-state index contributed by atoms with van der Waals surface area (Å²) in [5, 5.41) is 5.50. The molecular weight excluding hydrogens is 320 g/mol. The Morgan fingerprint density at radius 2 is 2.08 bits per heavy atom. The number of rotatable bonds is 4. The molecule has 6 heteroatoms. The smallest absolute Gasteiger partial charge is 0.265 e. The third-order valence-corrected chi connectivity index (χ3v) is 4.11. The second kappa shape index (κ2) is 6.84. The molecule has 3 rings (SSSR count). The van der Waals surface area contributed by atoms with Gasteiger partial charge in [-0.05, 0) is 56.2 Å². The van der Waals surface area contributed by atoms with E-state index in [9.17, 15) is 9.59 Å². The number of benzene rings is 2. The molecule has 130 valence electrons. The Labute approximate surface area is 146 Å². The van der Waals surface area contributed by atoms with Crippen LogP contribution in [-0.2, 0) is 9.59 Å². The van der Waals surface area contributed by atoms with Crippen LogP contribution in [0.1, 0.15) is 18.1 Å². The summed E-state index contributed by atoms with van der Waals surface area (Å²) in [4.78, 5) is 23.8. The molecule has 2 N–H and O–H groups in total. The van der Waals surface area contributed by atoms with Crippen molar-refractivity contribution in [2.45, 2.75) is 26.9 Å². The lowest BCUT2D eigenvalue weighted by atomic mass is 10.1. The average molecular weight is 340 g/mol. The molecule has 0 radical (unpaired) electrons. The van der Waals surface area contributed by atoms with E-state index in [4.69, 9.17) is 9.47 Å². The number of ether oxygens (including phenoxy) is 2. The van der Waals surface area contributed by atoms with E-state index in [0.717, 1.165) is 11.1 Å². The Morgan fingerprint density at radius 1 is 1.28 bits per heavy atom. The standard InChI is InChI=1S/C19H20N2O4/c1-11-5-4-6-16(12(11)2)25-13(3)19(23)20-14-7-8-17-15(9-14)21-18(22)10-24-17/h4-9,13H,10H2,1-3H3,(H,20,23)(H,21,22)/t13-/m1/s1. The van der Waals surface area contributed by atoms with Gasteiger partial charge in [-0.2, -0.15) is 0 Å². The molecule has 1 aliphatic rings. The van der Waals surface area contributed by atoms with E-state index in [1.165, 1.54) is 0 Å². The first-order chi connectivity index (χ1) is 11.9. The van der Waals surface area contributed by atoms with Crippen molar-refractivity contribution in [2.75, 3.05) is 17.2 Å². The second-order valence-electron chi connectivity index (χ2n) is 6.00. The summed E-state index contributed by atoms with van der Waals surface area (Å²) in [6.07, 6.45) is -0.664. The molecule has 25 heavy (non-hydrogen) atoms. The summed E-state index contributed by atoms with van der Waals surface area (Å²) in [5.74, 6) is 0.776. The highest BCUT2D eigenvalue weighted by atomic mass is 16.5. The molecule has 1 heterocycles. The van der Waals surface area contributed by atoms with Gasteiger partial charge in [0.25, 0.3) is 11.8 Å². The summed E-state index contributed by atoms with van der Waals surface area (Å²) in [5.41, 5.74) is 3.22. The number of anilines is 2. The van der Waals surface area contributed by atoms with Crippen LogP contribution in [0.25, 0.3) is 0 Å². The molecule has 0 fully saturated rings. The third-order valence-electron chi connectivity index (χ3n) is 4.11. The van der Waals surface area contributed by atoms with Crippen molar-refractivity contribution >= 4 is 23.2 Å². The molecule has 2 aromatic rings.